The molecule has 0 aliphatic rings. The molecule has 2 N–H and O–H groups in total. The first kappa shape index (κ1) is 10.4. The Morgan fingerprint density at radius 2 is 2.08 bits per heavy atom. The number of para-hydroxylation sites is 1. The average molecular weight is 198 g/mol. The second-order valence-corrected chi connectivity index (χ2v) is 3.63. The molecular weight excluding hydrogens is 187 g/mol. The van der Waals surface area contributed by atoms with Gasteiger partial charge in [0.1, 0.15) is 5.75 Å². The zero-order valence-electron chi connectivity index (χ0n) is 7.30. The van der Waals surface area contributed by atoms with Crippen LogP contribution >= 0.6 is 11.8 Å². The average Bonchev–Trinajstić information content (AvgIpc) is 2.08. The van der Waals surface area contributed by atoms with E-state index in [9.17, 15) is 0 Å². The normalized spacial score (nSPS) is 9.77. The van der Waals surface area contributed by atoms with Gasteiger partial charge in [-0.1, -0.05) is 19.1 Å². The molecule has 0 saturated carbocycles. The first-order valence-electron chi connectivity index (χ1n) is 3.98. The van der Waals surface area contributed by atoms with Crippen LogP contribution in [0.5, 0.6) is 5.75 Å². The van der Waals surface area contributed by atoms with Gasteiger partial charge in [-0.05, 0) is 17.9 Å². The van der Waals surface area contributed by atoms with Crippen LogP contribution in [-0.2, 0) is 0 Å². The Labute approximate surface area is 81.9 Å². The lowest BCUT2D eigenvalue weighted by molar-refractivity contribution is 0.285. The standard InChI is InChI=1S/C8H11BO3S/c1-2-13-8-6-4-3-5-7(8)12-9(10)11/h3-6,10-11H,2H2,1H3. The Kier molecular flexibility index (Phi) is 4.15. The van der Waals surface area contributed by atoms with E-state index in [1.807, 2.05) is 19.1 Å². The van der Waals surface area contributed by atoms with E-state index < -0.39 is 7.32 Å². The number of hydrogen-bond donors (Lipinski definition) is 2. The third-order valence-electron chi connectivity index (χ3n) is 1.38. The first-order chi connectivity index (χ1) is 6.24. The van der Waals surface area contributed by atoms with Crippen LogP contribution in [0.3, 0.4) is 0 Å². The van der Waals surface area contributed by atoms with E-state index >= 15 is 0 Å². The van der Waals surface area contributed by atoms with E-state index in [0.717, 1.165) is 10.6 Å². The SMILES string of the molecule is CCSc1ccccc1OB(O)O. The van der Waals surface area contributed by atoms with Crippen molar-refractivity contribution in [1.29, 1.82) is 0 Å². The van der Waals surface area contributed by atoms with Gasteiger partial charge in [0, 0.05) is 4.90 Å². The van der Waals surface area contributed by atoms with Gasteiger partial charge < -0.3 is 14.7 Å². The van der Waals surface area contributed by atoms with Crippen molar-refractivity contribution in [2.75, 3.05) is 5.75 Å². The minimum Gasteiger partial charge on any atom is -0.511 e. The van der Waals surface area contributed by atoms with Crippen LogP contribution in [0.2, 0.25) is 0 Å². The molecule has 0 heterocycles. The molecule has 0 saturated heterocycles. The van der Waals surface area contributed by atoms with Crippen molar-refractivity contribution in [1.82, 2.24) is 0 Å². The second kappa shape index (κ2) is 5.16. The molecule has 0 fully saturated rings. The maximum Gasteiger partial charge on any atom is 0.707 e. The highest BCUT2D eigenvalue weighted by atomic mass is 32.2. The predicted molar refractivity (Wildman–Crippen MR) is 53.7 cm³/mol. The summed E-state index contributed by atoms with van der Waals surface area (Å²) in [5.41, 5.74) is 0. The fourth-order valence-corrected chi connectivity index (χ4v) is 1.68. The van der Waals surface area contributed by atoms with Gasteiger partial charge in [-0.3, -0.25) is 0 Å². The van der Waals surface area contributed by atoms with Gasteiger partial charge in [0.15, 0.2) is 0 Å². The first-order valence-corrected chi connectivity index (χ1v) is 4.97. The Hall–Kier alpha value is -0.645. The van der Waals surface area contributed by atoms with Crippen molar-refractivity contribution >= 4 is 19.1 Å². The molecule has 0 atom stereocenters. The Morgan fingerprint density at radius 3 is 2.69 bits per heavy atom. The van der Waals surface area contributed by atoms with Crippen LogP contribution in [0, 0.1) is 0 Å². The molecule has 0 bridgehead atoms. The lowest BCUT2D eigenvalue weighted by atomic mass is 10.2. The summed E-state index contributed by atoms with van der Waals surface area (Å²) in [6.45, 7) is 2.02. The van der Waals surface area contributed by atoms with E-state index in [1.165, 1.54) is 0 Å². The van der Waals surface area contributed by atoms with Crippen LogP contribution in [0.25, 0.3) is 0 Å². The second-order valence-electron chi connectivity index (χ2n) is 2.32. The zero-order valence-corrected chi connectivity index (χ0v) is 8.12. The summed E-state index contributed by atoms with van der Waals surface area (Å²) in [7, 11) is -1.75. The molecule has 1 rings (SSSR count). The monoisotopic (exact) mass is 198 g/mol. The van der Waals surface area contributed by atoms with Crippen LogP contribution in [0.1, 0.15) is 6.92 Å². The summed E-state index contributed by atoms with van der Waals surface area (Å²) >= 11 is 1.60. The lowest BCUT2D eigenvalue weighted by Crippen LogP contribution is -2.20. The number of benzene rings is 1. The largest absolute Gasteiger partial charge is 0.707 e. The van der Waals surface area contributed by atoms with Crippen LogP contribution in [0.4, 0.5) is 0 Å². The third kappa shape index (κ3) is 3.30. The van der Waals surface area contributed by atoms with Crippen LogP contribution in [-0.4, -0.2) is 23.1 Å². The molecule has 0 amide bonds. The number of rotatable bonds is 4. The predicted octanol–water partition coefficient (Wildman–Crippen LogP) is 1.15. The smallest absolute Gasteiger partial charge is 0.511 e. The quantitative estimate of drug-likeness (QED) is 0.562. The van der Waals surface area contributed by atoms with E-state index in [4.69, 9.17) is 14.7 Å². The van der Waals surface area contributed by atoms with E-state index in [2.05, 4.69) is 0 Å². The highest BCUT2D eigenvalue weighted by Gasteiger charge is 2.13. The van der Waals surface area contributed by atoms with Gasteiger partial charge in [0.25, 0.3) is 0 Å². The Morgan fingerprint density at radius 1 is 1.38 bits per heavy atom. The summed E-state index contributed by atoms with van der Waals surface area (Å²) in [5, 5.41) is 17.2. The van der Waals surface area contributed by atoms with Gasteiger partial charge in [0.05, 0.1) is 0 Å². The van der Waals surface area contributed by atoms with Crippen LogP contribution in [0.15, 0.2) is 29.2 Å². The highest BCUT2D eigenvalue weighted by Crippen LogP contribution is 2.28. The van der Waals surface area contributed by atoms with Gasteiger partial charge >= 0.3 is 7.32 Å². The summed E-state index contributed by atoms with van der Waals surface area (Å²) in [5.74, 6) is 1.42. The zero-order chi connectivity index (χ0) is 9.68. The van der Waals surface area contributed by atoms with Crippen LogP contribution < -0.4 is 4.65 Å². The van der Waals surface area contributed by atoms with Gasteiger partial charge in [-0.15, -0.1) is 11.8 Å². The highest BCUT2D eigenvalue weighted by molar-refractivity contribution is 7.99. The maximum atomic E-state index is 8.62. The van der Waals surface area contributed by atoms with Crippen molar-refractivity contribution in [3.8, 4) is 5.75 Å². The maximum absolute atomic E-state index is 8.62. The summed E-state index contributed by atoms with van der Waals surface area (Å²) in [4.78, 5) is 0.915. The molecule has 1 aromatic rings. The number of hydrogen-bond acceptors (Lipinski definition) is 4. The Bertz CT molecular complexity index is 267. The molecule has 0 aliphatic heterocycles. The molecule has 1 aromatic carbocycles. The molecule has 13 heavy (non-hydrogen) atoms. The fraction of sp³-hybridized carbons (Fsp3) is 0.250. The molecule has 0 unspecified atom stereocenters. The topological polar surface area (TPSA) is 49.7 Å². The van der Waals surface area contributed by atoms with Crippen molar-refractivity contribution in [3.63, 3.8) is 0 Å². The minimum atomic E-state index is -1.75. The lowest BCUT2D eigenvalue weighted by Gasteiger charge is -2.08. The van der Waals surface area contributed by atoms with Crippen molar-refractivity contribution in [2.45, 2.75) is 11.8 Å². The summed E-state index contributed by atoms with van der Waals surface area (Å²) in [6.07, 6.45) is 0. The molecule has 0 aliphatic carbocycles. The molecular formula is C8H11BO3S. The molecule has 3 nitrogen and oxygen atoms in total. The van der Waals surface area contributed by atoms with Gasteiger partial charge in [-0.2, -0.15) is 0 Å². The van der Waals surface area contributed by atoms with Crippen molar-refractivity contribution in [3.05, 3.63) is 24.3 Å². The number of thioether (sulfide) groups is 1. The van der Waals surface area contributed by atoms with Crippen molar-refractivity contribution < 1.29 is 14.7 Å². The van der Waals surface area contributed by atoms with E-state index in [-0.39, 0.29) is 0 Å². The molecule has 0 radical (unpaired) electrons. The molecule has 70 valence electrons. The summed E-state index contributed by atoms with van der Waals surface area (Å²) < 4.78 is 4.79. The van der Waals surface area contributed by atoms with E-state index in [1.54, 1.807) is 23.9 Å². The molecule has 5 heteroatoms. The fourth-order valence-electron chi connectivity index (χ4n) is 0.936. The Balaban J connectivity index is 2.78. The third-order valence-corrected chi connectivity index (χ3v) is 2.32. The van der Waals surface area contributed by atoms with Gasteiger partial charge in [-0.25, -0.2) is 0 Å². The minimum absolute atomic E-state index is 0.504. The molecule has 0 spiro atoms. The van der Waals surface area contributed by atoms with Crippen molar-refractivity contribution in [2.24, 2.45) is 0 Å². The summed E-state index contributed by atoms with van der Waals surface area (Å²) in [6, 6.07) is 7.26. The van der Waals surface area contributed by atoms with E-state index in [0.29, 0.717) is 5.75 Å². The molecule has 0 aromatic heterocycles. The van der Waals surface area contributed by atoms with Gasteiger partial charge in [0.2, 0.25) is 0 Å².